The minimum absolute atomic E-state index is 0. The van der Waals surface area contributed by atoms with Crippen LogP contribution in [0.25, 0.3) is 83.4 Å². The Hall–Kier alpha value is -9.23. The fraction of sp³-hybridized carbons (Fsp3) is 0.0571. The summed E-state index contributed by atoms with van der Waals surface area (Å²) in [6.45, 7) is 6.46. The van der Waals surface area contributed by atoms with Gasteiger partial charge in [-0.3, -0.25) is 4.57 Å². The fourth-order valence-corrected chi connectivity index (χ4v) is 11.1. The van der Waals surface area contributed by atoms with Gasteiger partial charge in [0.2, 0.25) is 0 Å². The van der Waals surface area contributed by atoms with E-state index >= 15 is 0 Å². The summed E-state index contributed by atoms with van der Waals surface area (Å²) in [7, 11) is 0. The van der Waals surface area contributed by atoms with Crippen molar-refractivity contribution < 1.29 is 53.6 Å². The van der Waals surface area contributed by atoms with Crippen LogP contribution >= 0.6 is 0 Å². The summed E-state index contributed by atoms with van der Waals surface area (Å²) in [5.74, 6) is 4.54. The van der Waals surface area contributed by atoms with E-state index in [9.17, 15) is 0 Å². The summed E-state index contributed by atoms with van der Waals surface area (Å²) in [6.07, 6.45) is 5.27. The molecule has 0 saturated carbocycles. The standard InChI is InChI=1S/C70H47BN4O3.Pt/c1-70(2,3)49-36-37-72-67(41-49)75-59-35-32-47(48-39-65-68-66(40-48)78-64-31-15-11-27-58(64)71(68)57-26-10-14-30-63(57)77-65)38-56(59)55-34-33-52(43-62(55)75)76-51-23-16-22-50(42-51)73-44-74(61-29-13-12-28-60(61)73)69-53(45-18-6-4-7-19-45)24-17-25-54(69)46-20-8-5-9-21-46;/h4-41H,1-3H3;/q-2;/i4D,5D,6D,7D,8D,9D,18D,19D,20D,21D;. The molecule has 15 rings (SSSR count). The van der Waals surface area contributed by atoms with Crippen LogP contribution in [0.2, 0.25) is 0 Å². The Bertz CT molecular complexity index is 4970. The molecule has 0 aliphatic carbocycles. The maximum absolute atomic E-state index is 9.10. The van der Waals surface area contributed by atoms with Crippen molar-refractivity contribution in [2.24, 2.45) is 0 Å². The summed E-state index contributed by atoms with van der Waals surface area (Å²) in [6, 6.07) is 54.2. The first-order valence-electron chi connectivity index (χ1n) is 30.6. The molecule has 7 nitrogen and oxygen atoms in total. The number of hydrogen-bond acceptors (Lipinski definition) is 4. The third-order valence-corrected chi connectivity index (χ3v) is 14.7. The molecule has 13 aromatic rings. The van der Waals surface area contributed by atoms with Crippen LogP contribution in [0.1, 0.15) is 40.0 Å². The number of hydrogen-bond donors (Lipinski definition) is 0. The number of nitrogens with zero attached hydrogens (tertiary/aromatic N) is 4. The summed E-state index contributed by atoms with van der Waals surface area (Å²) in [5, 5.41) is 1.87. The Morgan fingerprint density at radius 3 is 1.91 bits per heavy atom. The zero-order valence-electron chi connectivity index (χ0n) is 52.6. The van der Waals surface area contributed by atoms with Crippen LogP contribution in [0.5, 0.6) is 34.5 Å². The summed E-state index contributed by atoms with van der Waals surface area (Å²) in [5.41, 5.74) is 9.31. The molecule has 3 aromatic heterocycles. The van der Waals surface area contributed by atoms with Crippen molar-refractivity contribution >= 4 is 55.9 Å². The molecule has 9 heteroatoms. The molecule has 0 N–H and O–H groups in total. The second-order valence-electron chi connectivity index (χ2n) is 20.4. The van der Waals surface area contributed by atoms with Gasteiger partial charge < -0.3 is 23.3 Å². The molecule has 0 atom stereocenters. The number of imidazole rings is 1. The smallest absolute Gasteiger partial charge is 0.268 e. The molecule has 0 amide bonds. The van der Waals surface area contributed by atoms with E-state index in [-0.39, 0.29) is 61.1 Å². The maximum atomic E-state index is 9.10. The Balaban J connectivity index is 0.00000694. The molecular formula is C70H47BN4O3Pt-2. The van der Waals surface area contributed by atoms with Gasteiger partial charge in [-0.05, 0) is 109 Å². The number of fused-ring (bicyclic) bond motifs is 8. The first kappa shape index (κ1) is 38.3. The van der Waals surface area contributed by atoms with Gasteiger partial charge in [0.25, 0.3) is 13.0 Å². The monoisotopic (exact) mass is 1210 g/mol. The number of ether oxygens (including phenoxy) is 3. The Morgan fingerprint density at radius 1 is 0.570 bits per heavy atom. The van der Waals surface area contributed by atoms with E-state index in [1.54, 1.807) is 39.5 Å². The molecule has 10 aromatic carbocycles. The van der Waals surface area contributed by atoms with Gasteiger partial charge in [0.1, 0.15) is 28.8 Å². The topological polar surface area (TPSA) is 54.3 Å². The van der Waals surface area contributed by atoms with Gasteiger partial charge in [0, 0.05) is 49.7 Å². The molecule has 0 bridgehead atoms. The molecule has 0 fully saturated rings. The largest absolute Gasteiger partial charge is 0.510 e. The average Bonchev–Trinajstić information content (AvgIpc) is 1.70. The SMILES string of the molecule is [2H]c1c([2H])c([2H])c(-c2cccc(-c3c([2H])c([2H])c([2H])c([2H])c3[2H])c2-[n+]2[c-]n(-c3[c-]c(Oc4[c-]c5c(cc4)c4cc(-c6cc7c8c(c6)Oc6ccccc6B8c6ccccc6O7)ccc4n5-c4cc(C(C)(C)C)ccn4)ccc3)c3ccccc32)c([2H])c1[2H].[Pt]. The van der Waals surface area contributed by atoms with Crippen molar-refractivity contribution in [1.29, 1.82) is 0 Å². The van der Waals surface area contributed by atoms with Crippen LogP contribution in [0.15, 0.2) is 230 Å². The van der Waals surface area contributed by atoms with Crippen molar-refractivity contribution in [2.45, 2.75) is 26.2 Å². The summed E-state index contributed by atoms with van der Waals surface area (Å²) < 4.78 is 113. The van der Waals surface area contributed by atoms with E-state index in [1.807, 2.05) is 91.1 Å². The second kappa shape index (κ2) is 19.0. The minimum atomic E-state index is -0.581. The minimum Gasteiger partial charge on any atom is -0.510 e. The third-order valence-electron chi connectivity index (χ3n) is 14.7. The van der Waals surface area contributed by atoms with E-state index in [0.717, 1.165) is 77.9 Å². The van der Waals surface area contributed by atoms with Crippen molar-refractivity contribution in [3.63, 3.8) is 0 Å². The van der Waals surface area contributed by atoms with Crippen LogP contribution < -0.4 is 35.2 Å². The van der Waals surface area contributed by atoms with E-state index < -0.39 is 60.4 Å². The van der Waals surface area contributed by atoms with Crippen LogP contribution in [0.4, 0.5) is 0 Å². The van der Waals surface area contributed by atoms with E-state index in [1.165, 1.54) is 0 Å². The van der Waals surface area contributed by atoms with Gasteiger partial charge >= 0.3 is 0 Å². The van der Waals surface area contributed by atoms with Crippen molar-refractivity contribution in [2.75, 3.05) is 0 Å². The number of rotatable bonds is 8. The van der Waals surface area contributed by atoms with Crippen molar-refractivity contribution in [3.8, 4) is 85.1 Å². The van der Waals surface area contributed by atoms with E-state index in [2.05, 4.69) is 92.3 Å². The van der Waals surface area contributed by atoms with Crippen molar-refractivity contribution in [3.05, 3.63) is 254 Å². The normalized spacial score (nSPS) is 14.1. The van der Waals surface area contributed by atoms with Gasteiger partial charge in [-0.25, -0.2) is 4.98 Å². The third kappa shape index (κ3) is 8.17. The van der Waals surface area contributed by atoms with Gasteiger partial charge in [0.05, 0.1) is 30.4 Å². The molecule has 0 spiro atoms. The van der Waals surface area contributed by atoms with Gasteiger partial charge in [-0.1, -0.05) is 178 Å². The number of para-hydroxylation sites is 5. The zero-order valence-corrected chi connectivity index (χ0v) is 44.8. The van der Waals surface area contributed by atoms with E-state index in [0.29, 0.717) is 34.0 Å². The Kier molecular flexibility index (Phi) is 9.25. The summed E-state index contributed by atoms with van der Waals surface area (Å²) in [4.78, 5) is 4.96. The molecule has 2 aliphatic rings. The Labute approximate surface area is 487 Å². The molecule has 0 radical (unpaired) electrons. The van der Waals surface area contributed by atoms with Crippen LogP contribution in [0, 0.1) is 18.5 Å². The molecule has 0 unspecified atom stereocenters. The van der Waals surface area contributed by atoms with Crippen LogP contribution in [-0.2, 0) is 26.5 Å². The fourth-order valence-electron chi connectivity index (χ4n) is 11.1. The zero-order chi connectivity index (χ0) is 60.8. The molecular weight excluding hydrogens is 1150 g/mol. The number of benzene rings is 10. The van der Waals surface area contributed by atoms with Crippen molar-refractivity contribution in [1.82, 2.24) is 14.1 Å². The summed E-state index contributed by atoms with van der Waals surface area (Å²) >= 11 is 0. The quantitative estimate of drug-likeness (QED) is 0.0864. The predicted octanol–water partition coefficient (Wildman–Crippen LogP) is 14.6. The maximum Gasteiger partial charge on any atom is 0.268 e. The second-order valence-corrected chi connectivity index (χ2v) is 20.4. The van der Waals surface area contributed by atoms with Gasteiger partial charge in [0.15, 0.2) is 0 Å². The van der Waals surface area contributed by atoms with Gasteiger partial charge in [-0.15, -0.1) is 29.7 Å². The first-order chi connectivity index (χ1) is 42.4. The predicted molar refractivity (Wildman–Crippen MR) is 313 cm³/mol. The molecule has 380 valence electrons. The molecule has 0 saturated heterocycles. The molecule has 2 aliphatic heterocycles. The average molecular weight is 1210 g/mol. The van der Waals surface area contributed by atoms with Crippen LogP contribution in [0.3, 0.4) is 0 Å². The molecule has 5 heterocycles. The molecule has 79 heavy (non-hydrogen) atoms. The first-order valence-corrected chi connectivity index (χ1v) is 25.6. The van der Waals surface area contributed by atoms with E-state index in [4.69, 9.17) is 32.9 Å². The van der Waals surface area contributed by atoms with Crippen LogP contribution in [-0.4, -0.2) is 20.8 Å². The van der Waals surface area contributed by atoms with Gasteiger partial charge in [-0.2, -0.15) is 18.2 Å². The number of aromatic nitrogens is 4. The Morgan fingerprint density at radius 2 is 1.22 bits per heavy atom. The number of pyridine rings is 1.